The van der Waals surface area contributed by atoms with E-state index in [1.807, 2.05) is 32.2 Å². The third kappa shape index (κ3) is 5.42. The maximum atomic E-state index is 13.7. The molecule has 1 amide bonds. The fourth-order valence-corrected chi connectivity index (χ4v) is 6.24. The van der Waals surface area contributed by atoms with E-state index in [-0.39, 0.29) is 35.1 Å². The van der Waals surface area contributed by atoms with E-state index in [4.69, 9.17) is 19.0 Å². The molecule has 10 heteroatoms. The number of imidazole rings is 1. The highest BCUT2D eigenvalue weighted by atomic mass is 16.7. The van der Waals surface area contributed by atoms with E-state index in [0.717, 1.165) is 41.8 Å². The van der Waals surface area contributed by atoms with E-state index in [1.165, 1.54) is 7.11 Å². The summed E-state index contributed by atoms with van der Waals surface area (Å²) < 4.78 is 17.3. The Hall–Kier alpha value is -2.24. The Morgan fingerprint density at radius 2 is 1.87 bits per heavy atom. The number of aromatic amines is 1. The number of aliphatic hydroxyl groups is 1. The number of piperidine rings is 1. The van der Waals surface area contributed by atoms with E-state index in [2.05, 4.69) is 55.0 Å². The van der Waals surface area contributed by atoms with Crippen molar-refractivity contribution in [2.45, 2.75) is 103 Å². The Bertz CT molecular complexity index is 1150. The number of nitrogens with one attached hydrogen (secondary N) is 2. The molecule has 0 spiro atoms. The molecule has 1 saturated carbocycles. The minimum atomic E-state index is -1.18. The van der Waals surface area contributed by atoms with Gasteiger partial charge < -0.3 is 29.0 Å². The van der Waals surface area contributed by atoms with Crippen LogP contribution >= 0.6 is 0 Å². The molecule has 3 aliphatic rings. The zero-order valence-electron chi connectivity index (χ0n) is 24.2. The van der Waals surface area contributed by atoms with Gasteiger partial charge >= 0.3 is 7.12 Å². The fraction of sp³-hybridized carbons (Fsp3) is 0.655. The summed E-state index contributed by atoms with van der Waals surface area (Å²) in [5, 5.41) is 13.0. The number of benzene rings is 1. The lowest BCUT2D eigenvalue weighted by Crippen LogP contribution is -2.57. The van der Waals surface area contributed by atoms with Crippen LogP contribution in [-0.4, -0.2) is 75.9 Å². The minimum Gasteiger partial charge on any atom is -0.399 e. The van der Waals surface area contributed by atoms with Gasteiger partial charge in [0.15, 0.2) is 0 Å². The fourth-order valence-electron chi connectivity index (χ4n) is 6.24. The summed E-state index contributed by atoms with van der Waals surface area (Å²) in [6, 6.07) is 8.02. The van der Waals surface area contributed by atoms with Crippen molar-refractivity contribution in [2.24, 2.45) is 11.8 Å². The number of aromatic nitrogens is 2. The van der Waals surface area contributed by atoms with Gasteiger partial charge in [-0.3, -0.25) is 10.1 Å². The number of fused-ring (bicyclic) bond motifs is 2. The third-order valence-electron chi connectivity index (χ3n) is 9.25. The number of nitrogens with zero attached hydrogens (tertiary/aromatic N) is 2. The van der Waals surface area contributed by atoms with Crippen molar-refractivity contribution in [2.75, 3.05) is 7.11 Å². The van der Waals surface area contributed by atoms with Gasteiger partial charge in [-0.05, 0) is 69.8 Å². The summed E-state index contributed by atoms with van der Waals surface area (Å²) >= 11 is 0. The van der Waals surface area contributed by atoms with Crippen LogP contribution in [0.5, 0.6) is 0 Å². The topological polar surface area (TPSA) is 109 Å². The molecular weight excluding hydrogens is 495 g/mol. The quantitative estimate of drug-likeness (QED) is 0.333. The highest BCUT2D eigenvalue weighted by Crippen LogP contribution is 2.44. The van der Waals surface area contributed by atoms with Crippen LogP contribution in [0.1, 0.15) is 66.6 Å². The molecule has 2 aliphatic heterocycles. The van der Waals surface area contributed by atoms with E-state index in [9.17, 15) is 9.90 Å². The molecule has 2 bridgehead atoms. The van der Waals surface area contributed by atoms with Crippen LogP contribution < -0.4 is 10.8 Å². The summed E-state index contributed by atoms with van der Waals surface area (Å²) in [6.07, 6.45) is 4.56. The monoisotopic (exact) mass is 538 g/mol. The molecule has 3 fully saturated rings. The molecule has 1 aliphatic carbocycles. The lowest BCUT2D eigenvalue weighted by Gasteiger charge is -2.38. The first-order chi connectivity index (χ1) is 18.4. The van der Waals surface area contributed by atoms with E-state index in [1.54, 1.807) is 0 Å². The van der Waals surface area contributed by atoms with Crippen molar-refractivity contribution in [1.82, 2.24) is 20.2 Å². The van der Waals surface area contributed by atoms with Crippen molar-refractivity contribution < 1.29 is 23.9 Å². The van der Waals surface area contributed by atoms with Crippen LogP contribution in [0.2, 0.25) is 0 Å². The molecule has 212 valence electrons. The lowest BCUT2D eigenvalue weighted by atomic mass is 9.79. The van der Waals surface area contributed by atoms with Gasteiger partial charge in [0.1, 0.15) is 5.82 Å². The number of methoxy groups -OCH3 is 1. The molecule has 5 rings (SSSR count). The molecule has 3 N–H and O–H groups in total. The van der Waals surface area contributed by atoms with Crippen molar-refractivity contribution in [1.29, 1.82) is 0 Å². The number of hydrogen-bond acceptors (Lipinski definition) is 7. The second-order valence-electron chi connectivity index (χ2n) is 12.7. The molecular formula is C29H43BN4O5. The summed E-state index contributed by atoms with van der Waals surface area (Å²) in [5.41, 5.74) is 2.21. The van der Waals surface area contributed by atoms with Crippen LogP contribution in [0.3, 0.4) is 0 Å². The lowest BCUT2D eigenvalue weighted by molar-refractivity contribution is -0.147. The molecule has 5 unspecified atom stereocenters. The smallest absolute Gasteiger partial charge is 0.399 e. The van der Waals surface area contributed by atoms with Gasteiger partial charge in [-0.25, -0.2) is 4.98 Å². The summed E-state index contributed by atoms with van der Waals surface area (Å²) in [7, 11) is 1.02. The van der Waals surface area contributed by atoms with Crippen molar-refractivity contribution in [3.05, 3.63) is 36.3 Å². The standard InChI is InChI=1S/C29H43BN4O5/c1-17(2)25(33-27(36)37-7)26(35)34-21-13-10-19(14-21)23(34)15-24-31-16-22(32-24)18-8-11-20(12-9-18)30-38-28(3,4)29(5,6)39-30/h8-9,11-12,16-17,19,21,23,25,27,33,36H,10,13-15H2,1-7H3,(H,31,32). The molecule has 1 aromatic carbocycles. The molecule has 9 nitrogen and oxygen atoms in total. The zero-order valence-corrected chi connectivity index (χ0v) is 24.2. The van der Waals surface area contributed by atoms with E-state index < -0.39 is 19.6 Å². The summed E-state index contributed by atoms with van der Waals surface area (Å²) in [5.74, 6) is 1.38. The molecule has 2 aromatic rings. The van der Waals surface area contributed by atoms with Gasteiger partial charge in [-0.15, -0.1) is 0 Å². The molecule has 1 aromatic heterocycles. The molecule has 0 radical (unpaired) electrons. The van der Waals surface area contributed by atoms with E-state index in [0.29, 0.717) is 12.3 Å². The van der Waals surface area contributed by atoms with Crippen LogP contribution in [0.15, 0.2) is 30.5 Å². The highest BCUT2D eigenvalue weighted by molar-refractivity contribution is 6.62. The number of ether oxygens (including phenoxy) is 1. The van der Waals surface area contributed by atoms with Gasteiger partial charge in [0.05, 0.1) is 29.1 Å². The zero-order chi connectivity index (χ0) is 28.1. The number of hydrogen-bond donors (Lipinski definition) is 3. The van der Waals surface area contributed by atoms with Crippen molar-refractivity contribution in [3.63, 3.8) is 0 Å². The van der Waals surface area contributed by atoms with Gasteiger partial charge in [0.25, 0.3) is 0 Å². The first-order valence-corrected chi connectivity index (χ1v) is 14.2. The first kappa shape index (κ1) is 28.3. The van der Waals surface area contributed by atoms with E-state index >= 15 is 0 Å². The second-order valence-corrected chi connectivity index (χ2v) is 12.7. The third-order valence-corrected chi connectivity index (χ3v) is 9.25. The number of H-pyrrole nitrogens is 1. The number of carbonyl (C=O) groups is 1. The first-order valence-electron chi connectivity index (χ1n) is 14.2. The number of amides is 1. The Morgan fingerprint density at radius 1 is 1.21 bits per heavy atom. The molecule has 2 saturated heterocycles. The predicted molar refractivity (Wildman–Crippen MR) is 150 cm³/mol. The van der Waals surface area contributed by atoms with Crippen molar-refractivity contribution >= 4 is 18.5 Å². The Kier molecular flexibility index (Phi) is 7.71. The molecule has 5 atom stereocenters. The summed E-state index contributed by atoms with van der Waals surface area (Å²) in [6.45, 7) is 12.2. The van der Waals surface area contributed by atoms with Crippen LogP contribution in [0.4, 0.5) is 0 Å². The minimum absolute atomic E-state index is 0.0115. The predicted octanol–water partition coefficient (Wildman–Crippen LogP) is 2.83. The number of likely N-dealkylation sites (tertiary alicyclic amines) is 1. The highest BCUT2D eigenvalue weighted by Gasteiger charge is 2.52. The van der Waals surface area contributed by atoms with Gasteiger partial charge in [-0.2, -0.15) is 0 Å². The van der Waals surface area contributed by atoms with Crippen molar-refractivity contribution in [3.8, 4) is 11.3 Å². The van der Waals surface area contributed by atoms with Gasteiger partial charge in [-0.1, -0.05) is 38.1 Å². The van der Waals surface area contributed by atoms with Gasteiger partial charge in [0, 0.05) is 25.6 Å². The number of rotatable bonds is 9. The molecule has 39 heavy (non-hydrogen) atoms. The second kappa shape index (κ2) is 10.6. The van der Waals surface area contributed by atoms with Crippen LogP contribution in [0, 0.1) is 11.8 Å². The number of aliphatic hydroxyl groups excluding tert-OH is 1. The largest absolute Gasteiger partial charge is 0.494 e. The maximum absolute atomic E-state index is 13.7. The SMILES string of the molecule is COC(O)NC(C(=O)N1C2CCC(C2)C1Cc1ncc(-c2ccc(B3OC(C)(C)C(C)(C)O3)cc2)[nH]1)C(C)C. The Labute approximate surface area is 232 Å². The Morgan fingerprint density at radius 3 is 2.49 bits per heavy atom. The number of carbonyl (C=O) groups excluding carboxylic acids is 1. The van der Waals surface area contributed by atoms with Crippen LogP contribution in [-0.2, 0) is 25.3 Å². The van der Waals surface area contributed by atoms with Gasteiger partial charge in [0.2, 0.25) is 12.3 Å². The van der Waals surface area contributed by atoms with Crippen LogP contribution in [0.25, 0.3) is 11.3 Å². The normalized spacial score (nSPS) is 26.9. The molecule has 3 heterocycles. The Balaban J connectivity index is 1.28. The summed E-state index contributed by atoms with van der Waals surface area (Å²) in [4.78, 5) is 24.0. The average Bonchev–Trinajstić information content (AvgIpc) is 3.66. The maximum Gasteiger partial charge on any atom is 0.494 e. The average molecular weight is 538 g/mol.